The number of aromatic nitrogens is 1. The summed E-state index contributed by atoms with van der Waals surface area (Å²) in [6, 6.07) is 4.89. The fourth-order valence-corrected chi connectivity index (χ4v) is 3.14. The number of anilines is 1. The minimum Gasteiger partial charge on any atom is -0.353 e. The number of pyridine rings is 1. The van der Waals surface area contributed by atoms with Crippen LogP contribution in [0.1, 0.15) is 55.8 Å². The Morgan fingerprint density at radius 3 is 2.58 bits per heavy atom. The van der Waals surface area contributed by atoms with Crippen molar-refractivity contribution in [3.05, 3.63) is 22.9 Å². The van der Waals surface area contributed by atoms with E-state index in [1.807, 2.05) is 19.9 Å². The van der Waals surface area contributed by atoms with E-state index in [1.54, 1.807) is 0 Å². The van der Waals surface area contributed by atoms with Gasteiger partial charge in [-0.3, -0.25) is 0 Å². The maximum atomic E-state index is 9.42. The van der Waals surface area contributed by atoms with Crippen LogP contribution in [-0.4, -0.2) is 17.6 Å². The SMILES string of the molecule is CCN(c1nc(C)cc(C)c1C#N)C1CCCCC1. The fourth-order valence-electron chi connectivity index (χ4n) is 3.14. The highest BCUT2D eigenvalue weighted by molar-refractivity contribution is 5.58. The summed E-state index contributed by atoms with van der Waals surface area (Å²) in [5, 5.41) is 9.42. The largest absolute Gasteiger partial charge is 0.353 e. The average molecular weight is 257 g/mol. The fraction of sp³-hybridized carbons (Fsp3) is 0.625. The summed E-state index contributed by atoms with van der Waals surface area (Å²) in [6.45, 7) is 7.10. The van der Waals surface area contributed by atoms with Crippen molar-refractivity contribution in [3.8, 4) is 6.07 Å². The zero-order chi connectivity index (χ0) is 13.8. The van der Waals surface area contributed by atoms with Gasteiger partial charge in [-0.05, 0) is 45.2 Å². The van der Waals surface area contributed by atoms with E-state index < -0.39 is 0 Å². The highest BCUT2D eigenvalue weighted by Crippen LogP contribution is 2.29. The molecule has 1 aromatic rings. The lowest BCUT2D eigenvalue weighted by Crippen LogP contribution is -2.38. The summed E-state index contributed by atoms with van der Waals surface area (Å²) in [6.07, 6.45) is 6.40. The molecule has 0 unspecified atom stereocenters. The van der Waals surface area contributed by atoms with Crippen LogP contribution < -0.4 is 4.90 Å². The zero-order valence-electron chi connectivity index (χ0n) is 12.2. The van der Waals surface area contributed by atoms with Gasteiger partial charge >= 0.3 is 0 Å². The normalized spacial score (nSPS) is 16.1. The molecule has 2 rings (SSSR count). The van der Waals surface area contributed by atoms with Crippen molar-refractivity contribution in [3.63, 3.8) is 0 Å². The van der Waals surface area contributed by atoms with Crippen LogP contribution >= 0.6 is 0 Å². The second-order valence-electron chi connectivity index (χ2n) is 5.47. The van der Waals surface area contributed by atoms with Gasteiger partial charge in [0.25, 0.3) is 0 Å². The summed E-state index contributed by atoms with van der Waals surface area (Å²) in [7, 11) is 0. The maximum absolute atomic E-state index is 9.42. The van der Waals surface area contributed by atoms with Crippen LogP contribution in [-0.2, 0) is 0 Å². The quantitative estimate of drug-likeness (QED) is 0.828. The van der Waals surface area contributed by atoms with Gasteiger partial charge in [-0.15, -0.1) is 0 Å². The van der Waals surface area contributed by atoms with Gasteiger partial charge in [-0.25, -0.2) is 4.98 Å². The molecule has 102 valence electrons. The average Bonchev–Trinajstić information content (AvgIpc) is 2.40. The van der Waals surface area contributed by atoms with Gasteiger partial charge in [0.1, 0.15) is 11.9 Å². The van der Waals surface area contributed by atoms with Crippen molar-refractivity contribution in [2.24, 2.45) is 0 Å². The first kappa shape index (κ1) is 13.9. The Labute approximate surface area is 116 Å². The van der Waals surface area contributed by atoms with Crippen LogP contribution in [0, 0.1) is 25.2 Å². The Morgan fingerprint density at radius 1 is 1.32 bits per heavy atom. The number of nitrogens with zero attached hydrogens (tertiary/aromatic N) is 3. The summed E-state index contributed by atoms with van der Waals surface area (Å²) in [4.78, 5) is 7.00. The molecule has 1 aliphatic rings. The molecule has 1 fully saturated rings. The Morgan fingerprint density at radius 2 is 2.00 bits per heavy atom. The molecule has 0 bridgehead atoms. The minimum atomic E-state index is 0.555. The highest BCUT2D eigenvalue weighted by atomic mass is 15.2. The van der Waals surface area contributed by atoms with Crippen molar-refractivity contribution in [2.75, 3.05) is 11.4 Å². The monoisotopic (exact) mass is 257 g/mol. The van der Waals surface area contributed by atoms with Crippen molar-refractivity contribution >= 4 is 5.82 Å². The van der Waals surface area contributed by atoms with E-state index in [9.17, 15) is 5.26 Å². The molecule has 1 saturated carbocycles. The van der Waals surface area contributed by atoms with E-state index in [0.717, 1.165) is 29.2 Å². The Bertz CT molecular complexity index is 482. The second-order valence-corrected chi connectivity index (χ2v) is 5.47. The van der Waals surface area contributed by atoms with Gasteiger partial charge < -0.3 is 4.90 Å². The molecule has 0 aromatic carbocycles. The van der Waals surface area contributed by atoms with E-state index in [-0.39, 0.29) is 0 Å². The zero-order valence-corrected chi connectivity index (χ0v) is 12.2. The molecule has 0 amide bonds. The topological polar surface area (TPSA) is 39.9 Å². The summed E-state index contributed by atoms with van der Waals surface area (Å²) in [5.41, 5.74) is 2.79. The lowest BCUT2D eigenvalue weighted by atomic mass is 9.93. The van der Waals surface area contributed by atoms with Crippen LogP contribution in [0.5, 0.6) is 0 Å². The van der Waals surface area contributed by atoms with E-state index in [1.165, 1.54) is 32.1 Å². The standard InChI is InChI=1S/C16H23N3/c1-4-19(14-8-6-5-7-9-14)16-15(11-17)12(2)10-13(3)18-16/h10,14H,4-9H2,1-3H3. The lowest BCUT2D eigenvalue weighted by molar-refractivity contribution is 0.416. The minimum absolute atomic E-state index is 0.555. The molecule has 3 heteroatoms. The first-order chi connectivity index (χ1) is 9.17. The van der Waals surface area contributed by atoms with Crippen LogP contribution in [0.4, 0.5) is 5.82 Å². The number of rotatable bonds is 3. The smallest absolute Gasteiger partial charge is 0.147 e. The highest BCUT2D eigenvalue weighted by Gasteiger charge is 2.24. The first-order valence-corrected chi connectivity index (χ1v) is 7.32. The van der Waals surface area contributed by atoms with Crippen LogP contribution in [0.25, 0.3) is 0 Å². The first-order valence-electron chi connectivity index (χ1n) is 7.32. The van der Waals surface area contributed by atoms with E-state index in [2.05, 4.69) is 22.9 Å². The van der Waals surface area contributed by atoms with E-state index in [4.69, 9.17) is 0 Å². The Kier molecular flexibility index (Phi) is 4.42. The van der Waals surface area contributed by atoms with Gasteiger partial charge in [0.05, 0.1) is 5.56 Å². The third-order valence-corrected chi connectivity index (χ3v) is 4.07. The summed E-state index contributed by atoms with van der Waals surface area (Å²) < 4.78 is 0. The molecule has 0 radical (unpaired) electrons. The molecule has 1 heterocycles. The predicted octanol–water partition coefficient (Wildman–Crippen LogP) is 3.73. The van der Waals surface area contributed by atoms with Crippen molar-refractivity contribution in [1.29, 1.82) is 5.26 Å². The predicted molar refractivity (Wildman–Crippen MR) is 78.3 cm³/mol. The number of aryl methyl sites for hydroxylation is 2. The van der Waals surface area contributed by atoms with Gasteiger partial charge in [0.15, 0.2) is 0 Å². The third-order valence-electron chi connectivity index (χ3n) is 4.07. The molecule has 0 atom stereocenters. The van der Waals surface area contributed by atoms with Crippen molar-refractivity contribution < 1.29 is 0 Å². The molecule has 3 nitrogen and oxygen atoms in total. The molecular formula is C16H23N3. The molecule has 0 N–H and O–H groups in total. The van der Waals surface area contributed by atoms with Crippen molar-refractivity contribution in [1.82, 2.24) is 4.98 Å². The molecular weight excluding hydrogens is 234 g/mol. The Balaban J connectivity index is 2.39. The molecule has 19 heavy (non-hydrogen) atoms. The third kappa shape index (κ3) is 2.89. The van der Waals surface area contributed by atoms with Crippen LogP contribution in [0.2, 0.25) is 0 Å². The van der Waals surface area contributed by atoms with Crippen LogP contribution in [0.3, 0.4) is 0 Å². The molecule has 0 saturated heterocycles. The lowest BCUT2D eigenvalue weighted by Gasteiger charge is -2.35. The summed E-state index contributed by atoms with van der Waals surface area (Å²) in [5.74, 6) is 0.898. The van der Waals surface area contributed by atoms with Gasteiger partial charge in [-0.2, -0.15) is 5.26 Å². The number of nitriles is 1. The molecule has 1 aliphatic carbocycles. The van der Waals surface area contributed by atoms with Crippen LogP contribution in [0.15, 0.2) is 6.07 Å². The van der Waals surface area contributed by atoms with Gasteiger partial charge in [0.2, 0.25) is 0 Å². The Hall–Kier alpha value is -1.56. The molecule has 0 aliphatic heterocycles. The van der Waals surface area contributed by atoms with E-state index >= 15 is 0 Å². The second kappa shape index (κ2) is 6.06. The molecule has 1 aromatic heterocycles. The van der Waals surface area contributed by atoms with E-state index in [0.29, 0.717) is 6.04 Å². The van der Waals surface area contributed by atoms with Gasteiger partial charge in [-0.1, -0.05) is 19.3 Å². The maximum Gasteiger partial charge on any atom is 0.147 e. The number of hydrogen-bond donors (Lipinski definition) is 0. The number of hydrogen-bond acceptors (Lipinski definition) is 3. The van der Waals surface area contributed by atoms with Gasteiger partial charge in [0, 0.05) is 18.3 Å². The van der Waals surface area contributed by atoms with Crippen molar-refractivity contribution in [2.45, 2.75) is 58.9 Å². The summed E-state index contributed by atoms with van der Waals surface area (Å²) >= 11 is 0. The molecule has 0 spiro atoms.